The molecule has 5 heteroatoms. The van der Waals surface area contributed by atoms with Crippen LogP contribution < -0.4 is 0 Å². The van der Waals surface area contributed by atoms with Crippen molar-refractivity contribution < 1.29 is 24.2 Å². The van der Waals surface area contributed by atoms with E-state index in [1.165, 1.54) is 37.8 Å². The van der Waals surface area contributed by atoms with E-state index in [-0.39, 0.29) is 5.57 Å². The average Bonchev–Trinajstić information content (AvgIpc) is 2.73. The number of cyclic esters (lactones) is 1. The van der Waals surface area contributed by atoms with Gasteiger partial charge >= 0.3 is 11.9 Å². The Balaban J connectivity index is 2.11. The van der Waals surface area contributed by atoms with E-state index in [0.717, 1.165) is 18.9 Å². The number of carbonyl (C=O) groups is 2. The summed E-state index contributed by atoms with van der Waals surface area (Å²) in [6, 6.07) is 0. The number of carbonyl (C=O) groups excluding carboxylic acids is 2. The van der Waals surface area contributed by atoms with Crippen LogP contribution in [0.15, 0.2) is 23.8 Å². The van der Waals surface area contributed by atoms with E-state index < -0.39 is 18.2 Å². The molecular weight excluding hydrogens is 260 g/mol. The molecule has 0 aliphatic carbocycles. The Morgan fingerprint density at radius 1 is 1.35 bits per heavy atom. The lowest BCUT2D eigenvalue weighted by atomic mass is 10.1. The van der Waals surface area contributed by atoms with E-state index in [0.29, 0.717) is 6.61 Å². The molecule has 112 valence electrons. The molecule has 0 aromatic carbocycles. The van der Waals surface area contributed by atoms with Gasteiger partial charge in [0.1, 0.15) is 0 Å². The van der Waals surface area contributed by atoms with Crippen LogP contribution in [-0.2, 0) is 19.1 Å². The first kappa shape index (κ1) is 16.4. The van der Waals surface area contributed by atoms with Crippen molar-refractivity contribution in [2.24, 2.45) is 0 Å². The fraction of sp³-hybridized carbons (Fsp3) is 0.600. The molecular formula is C15H22O5. The van der Waals surface area contributed by atoms with Crippen LogP contribution in [0.5, 0.6) is 0 Å². The summed E-state index contributed by atoms with van der Waals surface area (Å²) in [5, 5.41) is 9.27. The summed E-state index contributed by atoms with van der Waals surface area (Å²) in [6.07, 6.45) is 9.15. The fourth-order valence-electron chi connectivity index (χ4n) is 1.82. The smallest absolute Gasteiger partial charge is 0.333 e. The van der Waals surface area contributed by atoms with Gasteiger partial charge in [-0.05, 0) is 12.5 Å². The number of aliphatic hydroxyl groups is 1. The monoisotopic (exact) mass is 282 g/mol. The second-order valence-corrected chi connectivity index (χ2v) is 4.70. The minimum Gasteiger partial charge on any atom is -0.463 e. The molecule has 0 spiro atoms. The van der Waals surface area contributed by atoms with Gasteiger partial charge in [-0.3, -0.25) is 0 Å². The maximum atomic E-state index is 11.4. The molecule has 1 aliphatic heterocycles. The van der Waals surface area contributed by atoms with Gasteiger partial charge < -0.3 is 14.6 Å². The van der Waals surface area contributed by atoms with E-state index >= 15 is 0 Å². The molecule has 0 saturated heterocycles. The fourth-order valence-corrected chi connectivity index (χ4v) is 1.82. The van der Waals surface area contributed by atoms with E-state index in [2.05, 4.69) is 11.7 Å². The highest BCUT2D eigenvalue weighted by atomic mass is 16.6. The molecule has 0 saturated carbocycles. The number of ether oxygens (including phenoxy) is 2. The Morgan fingerprint density at radius 3 is 2.70 bits per heavy atom. The topological polar surface area (TPSA) is 72.8 Å². The van der Waals surface area contributed by atoms with Crippen molar-refractivity contribution in [3.05, 3.63) is 23.8 Å². The standard InChI is InChI=1S/C15H22O5/c1-2-3-4-5-6-7-10-19-13(16)9-8-12-11-14(17)20-15(12)18/h8-9,11,15,18H,2-7,10H2,1H3. The van der Waals surface area contributed by atoms with Gasteiger partial charge in [-0.15, -0.1) is 0 Å². The summed E-state index contributed by atoms with van der Waals surface area (Å²) in [4.78, 5) is 22.2. The van der Waals surface area contributed by atoms with Crippen LogP contribution >= 0.6 is 0 Å². The highest BCUT2D eigenvalue weighted by molar-refractivity contribution is 5.88. The van der Waals surface area contributed by atoms with E-state index in [1.807, 2.05) is 0 Å². The zero-order valence-electron chi connectivity index (χ0n) is 11.8. The van der Waals surface area contributed by atoms with E-state index in [1.54, 1.807) is 0 Å². The van der Waals surface area contributed by atoms with Crippen LogP contribution in [0.1, 0.15) is 45.4 Å². The van der Waals surface area contributed by atoms with Gasteiger partial charge in [0.05, 0.1) is 6.61 Å². The molecule has 20 heavy (non-hydrogen) atoms. The maximum absolute atomic E-state index is 11.4. The van der Waals surface area contributed by atoms with Gasteiger partial charge in [0.15, 0.2) is 0 Å². The molecule has 0 aromatic rings. The normalized spacial score (nSPS) is 18.2. The maximum Gasteiger partial charge on any atom is 0.333 e. The van der Waals surface area contributed by atoms with Crippen LogP contribution in [0.2, 0.25) is 0 Å². The van der Waals surface area contributed by atoms with Gasteiger partial charge in [0.2, 0.25) is 6.29 Å². The predicted molar refractivity (Wildman–Crippen MR) is 73.7 cm³/mol. The summed E-state index contributed by atoms with van der Waals surface area (Å²) in [5.41, 5.74) is 0.256. The van der Waals surface area contributed by atoms with Crippen molar-refractivity contribution in [1.82, 2.24) is 0 Å². The minimum absolute atomic E-state index is 0.256. The van der Waals surface area contributed by atoms with E-state index in [4.69, 9.17) is 4.74 Å². The van der Waals surface area contributed by atoms with Crippen molar-refractivity contribution in [2.45, 2.75) is 51.7 Å². The molecule has 0 radical (unpaired) electrons. The predicted octanol–water partition coefficient (Wildman–Crippen LogP) is 2.25. The third-order valence-corrected chi connectivity index (χ3v) is 2.95. The van der Waals surface area contributed by atoms with Gasteiger partial charge in [-0.1, -0.05) is 39.0 Å². The third kappa shape index (κ3) is 6.52. The van der Waals surface area contributed by atoms with Crippen molar-refractivity contribution >= 4 is 11.9 Å². The SMILES string of the molecule is CCCCCCCCOC(=O)C=CC1=CC(=O)OC1O. The molecule has 1 heterocycles. The third-order valence-electron chi connectivity index (χ3n) is 2.95. The number of esters is 2. The largest absolute Gasteiger partial charge is 0.463 e. The van der Waals surface area contributed by atoms with Gasteiger partial charge in [0.25, 0.3) is 0 Å². The summed E-state index contributed by atoms with van der Waals surface area (Å²) in [7, 11) is 0. The Kier molecular flexibility index (Phi) is 7.65. The molecule has 1 atom stereocenters. The Hall–Kier alpha value is -1.62. The molecule has 0 aromatic heterocycles. The van der Waals surface area contributed by atoms with Gasteiger partial charge in [-0.25, -0.2) is 9.59 Å². The van der Waals surface area contributed by atoms with Crippen LogP contribution in [0.25, 0.3) is 0 Å². The summed E-state index contributed by atoms with van der Waals surface area (Å²) >= 11 is 0. The number of aliphatic hydroxyl groups excluding tert-OH is 1. The quantitative estimate of drug-likeness (QED) is 0.399. The first-order chi connectivity index (χ1) is 9.63. The van der Waals surface area contributed by atoms with Crippen LogP contribution in [0.4, 0.5) is 0 Å². The Morgan fingerprint density at radius 2 is 2.05 bits per heavy atom. The average molecular weight is 282 g/mol. The van der Waals surface area contributed by atoms with Crippen LogP contribution in [-0.4, -0.2) is 29.9 Å². The zero-order valence-corrected chi connectivity index (χ0v) is 11.8. The Bertz CT molecular complexity index is 384. The van der Waals surface area contributed by atoms with Gasteiger partial charge in [0, 0.05) is 17.7 Å². The summed E-state index contributed by atoms with van der Waals surface area (Å²) in [6.45, 7) is 2.57. The molecule has 5 nitrogen and oxygen atoms in total. The molecule has 1 N–H and O–H groups in total. The van der Waals surface area contributed by atoms with Crippen molar-refractivity contribution in [3.63, 3.8) is 0 Å². The van der Waals surface area contributed by atoms with Crippen LogP contribution in [0, 0.1) is 0 Å². The molecule has 0 amide bonds. The molecule has 1 rings (SSSR count). The molecule has 1 aliphatic rings. The molecule has 1 unspecified atom stereocenters. The second kappa shape index (κ2) is 9.31. The lowest BCUT2D eigenvalue weighted by Gasteiger charge is -2.03. The van der Waals surface area contributed by atoms with Gasteiger partial charge in [-0.2, -0.15) is 0 Å². The van der Waals surface area contributed by atoms with Crippen molar-refractivity contribution in [3.8, 4) is 0 Å². The second-order valence-electron chi connectivity index (χ2n) is 4.70. The van der Waals surface area contributed by atoms with Crippen molar-refractivity contribution in [1.29, 1.82) is 0 Å². The lowest BCUT2D eigenvalue weighted by molar-refractivity contribution is -0.150. The summed E-state index contributed by atoms with van der Waals surface area (Å²) < 4.78 is 9.48. The van der Waals surface area contributed by atoms with Crippen LogP contribution in [0.3, 0.4) is 0 Å². The molecule has 0 fully saturated rings. The number of unbranched alkanes of at least 4 members (excludes halogenated alkanes) is 5. The number of rotatable bonds is 9. The van der Waals surface area contributed by atoms with E-state index in [9.17, 15) is 14.7 Å². The number of hydrogen-bond acceptors (Lipinski definition) is 5. The summed E-state index contributed by atoms with van der Waals surface area (Å²) in [5.74, 6) is -1.09. The molecule has 0 bridgehead atoms. The Labute approximate surface area is 119 Å². The van der Waals surface area contributed by atoms with Crippen molar-refractivity contribution in [2.75, 3.05) is 6.61 Å². The first-order valence-corrected chi connectivity index (χ1v) is 7.08. The first-order valence-electron chi connectivity index (χ1n) is 7.08. The highest BCUT2D eigenvalue weighted by Gasteiger charge is 2.21. The zero-order chi connectivity index (χ0) is 14.8. The lowest BCUT2D eigenvalue weighted by Crippen LogP contribution is -2.09. The number of hydrogen-bond donors (Lipinski definition) is 1. The highest BCUT2D eigenvalue weighted by Crippen LogP contribution is 2.14. The minimum atomic E-state index is -1.29.